The number of hydrogen-bond donors (Lipinski definition) is 0. The molecule has 0 unspecified atom stereocenters. The minimum atomic E-state index is -5.97. The quantitative estimate of drug-likeness (QED) is 0.230. The van der Waals surface area contributed by atoms with Crippen molar-refractivity contribution in [2.75, 3.05) is 0 Å². The zero-order valence-corrected chi connectivity index (χ0v) is 13.8. The van der Waals surface area contributed by atoms with Crippen LogP contribution in [0.3, 0.4) is 0 Å². The Hall–Kier alpha value is 0.110. The summed E-state index contributed by atoms with van der Waals surface area (Å²) >= 11 is 15.4. The maximum atomic E-state index is 11.6. The maximum Gasteiger partial charge on any atom is 0.475 e. The molecule has 0 aliphatic heterocycles. The van der Waals surface area contributed by atoms with Crippen molar-refractivity contribution in [3.05, 3.63) is 0 Å². The molecule has 0 aromatic heterocycles. The molecule has 19 heteroatoms. The third kappa shape index (κ3) is 9.88. The summed E-state index contributed by atoms with van der Waals surface area (Å²) < 4.78 is 165. The van der Waals surface area contributed by atoms with E-state index in [1.54, 1.807) is 0 Å². The number of hydrogen-bond acceptors (Lipinski definition) is 0. The van der Waals surface area contributed by atoms with Crippen LogP contribution in [0, 0.1) is 0 Å². The van der Waals surface area contributed by atoms with Crippen LogP contribution in [0.4, 0.5) is 65.9 Å². The molecule has 0 nitrogen and oxygen atoms in total. The highest BCUT2D eigenvalue weighted by molar-refractivity contribution is 6.45. The van der Waals surface area contributed by atoms with Crippen LogP contribution >= 0.6 is 46.4 Å². The van der Waals surface area contributed by atoms with Crippen LogP contribution in [0.25, 0.3) is 0 Å². The Morgan fingerprint density at radius 1 is 0.538 bits per heavy atom. The van der Waals surface area contributed by atoms with Gasteiger partial charge in [-0.25, -0.2) is 0 Å². The van der Waals surface area contributed by atoms with Crippen LogP contribution in [-0.2, 0) is 0 Å². The average Bonchev–Trinajstić information content (AvgIpc) is 2.21. The lowest BCUT2D eigenvalue weighted by atomic mass is 9.80. The first-order valence-corrected chi connectivity index (χ1v) is 6.25. The minimum absolute atomic E-state index is 2.69. The van der Waals surface area contributed by atoms with Crippen LogP contribution in [0.1, 0.15) is 0 Å². The monoisotopic (exact) mass is 510 g/mol. The molecular weight excluding hydrogens is 511 g/mol. The van der Waals surface area contributed by atoms with Crippen molar-refractivity contribution in [2.24, 2.45) is 0 Å². The van der Waals surface area contributed by atoms with Gasteiger partial charge in [0.25, 0.3) is 0 Å². The molecule has 1 aliphatic rings. The van der Waals surface area contributed by atoms with Crippen molar-refractivity contribution in [3.8, 4) is 0 Å². The summed E-state index contributed by atoms with van der Waals surface area (Å²) in [7, 11) is 0. The van der Waals surface area contributed by atoms with Crippen LogP contribution in [-0.4, -0.2) is 40.1 Å². The van der Waals surface area contributed by atoms with Gasteiger partial charge in [-0.05, 0) is 34.8 Å². The Balaban J connectivity index is -0.000000316. The lowest BCUT2D eigenvalue weighted by Gasteiger charge is -2.49. The van der Waals surface area contributed by atoms with E-state index in [0.717, 1.165) is 0 Å². The fourth-order valence-corrected chi connectivity index (χ4v) is 0.726. The molecule has 1 rings (SSSR count). The highest BCUT2D eigenvalue weighted by Gasteiger charge is 3.01. The summed E-state index contributed by atoms with van der Waals surface area (Å²) in [6.07, 6.45) is 0. The second-order valence-corrected chi connectivity index (χ2v) is 5.30. The van der Waals surface area contributed by atoms with E-state index in [0.29, 0.717) is 0 Å². The third-order valence-corrected chi connectivity index (χ3v) is 1.58. The highest BCUT2D eigenvalue weighted by Crippen LogP contribution is 2.69. The molecular formula is C7HCl4F15. The predicted octanol–water partition coefficient (Wildman–Crippen LogP) is 7.75. The van der Waals surface area contributed by atoms with Crippen LogP contribution in [0.15, 0.2) is 0 Å². The van der Waals surface area contributed by atoms with E-state index in [1.165, 1.54) is 0 Å². The molecule has 0 amide bonds. The lowest BCUT2D eigenvalue weighted by Crippen LogP contribution is -2.82. The van der Waals surface area contributed by atoms with Gasteiger partial charge in [0.2, 0.25) is 0 Å². The zero-order chi connectivity index (χ0) is 22.6. The van der Waals surface area contributed by atoms with Crippen molar-refractivity contribution in [1.82, 2.24) is 0 Å². The normalized spacial score (nSPS) is 21.7. The van der Waals surface area contributed by atoms with Gasteiger partial charge in [-0.1, -0.05) is 11.6 Å². The van der Waals surface area contributed by atoms with E-state index in [9.17, 15) is 65.9 Å². The molecule has 0 heterocycles. The van der Waals surface area contributed by atoms with Crippen LogP contribution in [0.5, 0.6) is 0 Å². The van der Waals surface area contributed by atoms with Gasteiger partial charge in [0.1, 0.15) is 0 Å². The second kappa shape index (κ2) is 9.54. The van der Waals surface area contributed by atoms with E-state index in [4.69, 9.17) is 0 Å². The molecule has 0 spiro atoms. The zero-order valence-electron chi connectivity index (χ0n) is 10.8. The van der Waals surface area contributed by atoms with Gasteiger partial charge in [0.15, 0.2) is 0 Å². The molecule has 162 valence electrons. The number of halogens is 19. The lowest BCUT2D eigenvalue weighted by molar-refractivity contribution is -0.506. The molecule has 0 N–H and O–H groups in total. The second-order valence-electron chi connectivity index (χ2n) is 3.40. The molecule has 1 fully saturated rings. The summed E-state index contributed by atoms with van der Waals surface area (Å²) in [4.78, 5) is -3.56. The van der Waals surface area contributed by atoms with Gasteiger partial charge in [-0.15, -0.1) is 0 Å². The van der Waals surface area contributed by atoms with Crippen molar-refractivity contribution >= 4 is 46.4 Å². The van der Waals surface area contributed by atoms with E-state index in [2.05, 4.69) is 46.4 Å². The van der Waals surface area contributed by atoms with Gasteiger partial charge in [0.05, 0.1) is 0 Å². The van der Waals surface area contributed by atoms with Gasteiger partial charge < -0.3 is 0 Å². The molecule has 1 aliphatic carbocycles. The predicted molar refractivity (Wildman–Crippen MR) is 60.2 cm³/mol. The van der Waals surface area contributed by atoms with Gasteiger partial charge in [-0.3, -0.25) is 0 Å². The van der Waals surface area contributed by atoms with E-state index in [-0.39, 0.29) is 0 Å². The Morgan fingerprint density at radius 3 is 0.615 bits per heavy atom. The van der Waals surface area contributed by atoms with Gasteiger partial charge in [-0.2, -0.15) is 65.9 Å². The van der Waals surface area contributed by atoms with E-state index in [1.807, 2.05) is 0 Å². The third-order valence-electron chi connectivity index (χ3n) is 1.58. The van der Waals surface area contributed by atoms with Crippen LogP contribution < -0.4 is 0 Å². The Morgan fingerprint density at radius 2 is 0.577 bits per heavy atom. The average molecular weight is 512 g/mol. The van der Waals surface area contributed by atoms with Crippen molar-refractivity contribution < 1.29 is 65.9 Å². The maximum absolute atomic E-state index is 11.6. The summed E-state index contributed by atoms with van der Waals surface area (Å²) in [5.74, 6) is -26.6. The molecule has 1 saturated carbocycles. The Labute approximate surface area is 153 Å². The number of alkyl halides is 19. The molecule has 0 saturated heterocycles. The van der Waals surface area contributed by atoms with Crippen LogP contribution in [0.2, 0.25) is 0 Å². The summed E-state index contributed by atoms with van der Waals surface area (Å²) in [6.45, 7) is 0. The van der Waals surface area contributed by atoms with Gasteiger partial charge >= 0.3 is 40.1 Å². The summed E-state index contributed by atoms with van der Waals surface area (Å²) in [6, 6.07) is 0. The standard InChI is InChI=1S/C4F8.CCl2F2.CClF3.CHClF2/c5-1(6)2(7,8)4(11,12)3(1,9)10;2*2-1(3,4)5;2-1(3)4/h;;;1H. The topological polar surface area (TPSA) is 0 Å². The largest absolute Gasteiger partial charge is 0.475 e. The molecule has 0 radical (unpaired) electrons. The fourth-order valence-electron chi connectivity index (χ4n) is 0.726. The molecule has 26 heavy (non-hydrogen) atoms. The van der Waals surface area contributed by atoms with Gasteiger partial charge in [0, 0.05) is 0 Å². The van der Waals surface area contributed by atoms with Crippen molar-refractivity contribution in [1.29, 1.82) is 0 Å². The van der Waals surface area contributed by atoms with Crippen molar-refractivity contribution in [2.45, 2.75) is 40.1 Å². The SMILES string of the molecule is FC(F)(Cl)Cl.FC(F)(F)Cl.FC(F)Cl.FC1(F)C(F)(F)C(F)(F)C1(F)F. The highest BCUT2D eigenvalue weighted by atomic mass is 35.5. The first-order chi connectivity index (χ1) is 10.7. The number of rotatable bonds is 0. The van der Waals surface area contributed by atoms with Crippen molar-refractivity contribution in [3.63, 3.8) is 0 Å². The minimum Gasteiger partial charge on any atom is -0.192 e. The molecule has 0 bridgehead atoms. The van der Waals surface area contributed by atoms with E-state index >= 15 is 0 Å². The Bertz CT molecular complexity index is 320. The first-order valence-electron chi connectivity index (χ1n) is 4.68. The summed E-state index contributed by atoms with van der Waals surface area (Å²) in [5, 5.41) is 0. The smallest absolute Gasteiger partial charge is 0.192 e. The Kier molecular flexibility index (Phi) is 11.3. The summed E-state index contributed by atoms with van der Waals surface area (Å²) in [5.41, 5.74) is -4.53. The first kappa shape index (κ1) is 30.8. The van der Waals surface area contributed by atoms with E-state index < -0.39 is 40.1 Å². The fraction of sp³-hybridized carbons (Fsp3) is 1.00. The molecule has 0 aromatic rings. The molecule has 0 aromatic carbocycles. The molecule has 0 atom stereocenters.